The first-order chi connectivity index (χ1) is 7.75. The highest BCUT2D eigenvalue weighted by Crippen LogP contribution is 2.26. The SMILES string of the molecule is Clc1ccc(Cl)c(CC2CCCNCC2)c1. The summed E-state index contributed by atoms with van der Waals surface area (Å²) < 4.78 is 0. The molecule has 0 aliphatic carbocycles. The van der Waals surface area contributed by atoms with Gasteiger partial charge in [0.2, 0.25) is 0 Å². The normalized spacial score (nSPS) is 21.8. The Morgan fingerprint density at radius 2 is 2.06 bits per heavy atom. The Labute approximate surface area is 107 Å². The second-order valence-corrected chi connectivity index (χ2v) is 5.33. The van der Waals surface area contributed by atoms with Crippen molar-refractivity contribution in [3.8, 4) is 0 Å². The van der Waals surface area contributed by atoms with Gasteiger partial charge in [0, 0.05) is 10.0 Å². The second-order valence-electron chi connectivity index (χ2n) is 4.49. The Kier molecular flexibility index (Phi) is 4.51. The molecular weight excluding hydrogens is 241 g/mol. The van der Waals surface area contributed by atoms with Gasteiger partial charge < -0.3 is 5.32 Å². The Bertz CT molecular complexity index is 344. The van der Waals surface area contributed by atoms with Crippen molar-refractivity contribution >= 4 is 23.2 Å². The average molecular weight is 258 g/mol. The number of rotatable bonds is 2. The molecule has 1 fully saturated rings. The van der Waals surface area contributed by atoms with E-state index in [4.69, 9.17) is 23.2 Å². The third-order valence-electron chi connectivity index (χ3n) is 3.21. The van der Waals surface area contributed by atoms with Gasteiger partial charge in [-0.1, -0.05) is 23.2 Å². The van der Waals surface area contributed by atoms with E-state index in [1.807, 2.05) is 18.2 Å². The molecule has 16 heavy (non-hydrogen) atoms. The lowest BCUT2D eigenvalue weighted by Gasteiger charge is -2.14. The van der Waals surface area contributed by atoms with Gasteiger partial charge in [0.05, 0.1) is 0 Å². The molecule has 0 aromatic heterocycles. The van der Waals surface area contributed by atoms with Gasteiger partial charge in [-0.2, -0.15) is 0 Å². The van der Waals surface area contributed by atoms with E-state index < -0.39 is 0 Å². The van der Waals surface area contributed by atoms with Gasteiger partial charge in [-0.15, -0.1) is 0 Å². The van der Waals surface area contributed by atoms with Crippen LogP contribution >= 0.6 is 23.2 Å². The van der Waals surface area contributed by atoms with Crippen LogP contribution in [0.5, 0.6) is 0 Å². The molecule has 1 nitrogen and oxygen atoms in total. The standard InChI is InChI=1S/C13H17Cl2N/c14-12-3-4-13(15)11(9-12)8-10-2-1-6-16-7-5-10/h3-4,9-10,16H,1-2,5-8H2. The smallest absolute Gasteiger partial charge is 0.0439 e. The maximum atomic E-state index is 6.18. The maximum absolute atomic E-state index is 6.18. The molecule has 1 aromatic carbocycles. The van der Waals surface area contributed by atoms with Gasteiger partial charge in [0.15, 0.2) is 0 Å². The van der Waals surface area contributed by atoms with Crippen molar-refractivity contribution < 1.29 is 0 Å². The van der Waals surface area contributed by atoms with Crippen molar-refractivity contribution in [3.63, 3.8) is 0 Å². The molecule has 1 atom stereocenters. The third kappa shape index (κ3) is 3.38. The molecule has 0 amide bonds. The number of halogens is 2. The minimum absolute atomic E-state index is 0.742. The molecule has 1 aliphatic heterocycles. The van der Waals surface area contributed by atoms with Crippen LogP contribution in [0.2, 0.25) is 10.0 Å². The van der Waals surface area contributed by atoms with Crippen LogP contribution in [0.15, 0.2) is 18.2 Å². The topological polar surface area (TPSA) is 12.0 Å². The highest BCUT2D eigenvalue weighted by Gasteiger charge is 2.14. The first-order valence-corrected chi connectivity index (χ1v) is 6.66. The molecule has 0 spiro atoms. The fourth-order valence-corrected chi connectivity index (χ4v) is 2.70. The Morgan fingerprint density at radius 3 is 2.94 bits per heavy atom. The Hall–Kier alpha value is -0.240. The van der Waals surface area contributed by atoms with Crippen molar-refractivity contribution in [1.82, 2.24) is 5.32 Å². The molecular formula is C13H17Cl2N. The van der Waals surface area contributed by atoms with Gasteiger partial charge >= 0.3 is 0 Å². The minimum Gasteiger partial charge on any atom is -0.317 e. The van der Waals surface area contributed by atoms with Crippen molar-refractivity contribution in [3.05, 3.63) is 33.8 Å². The molecule has 3 heteroatoms. The van der Waals surface area contributed by atoms with Gasteiger partial charge in [0.25, 0.3) is 0 Å². The molecule has 1 N–H and O–H groups in total. The van der Waals surface area contributed by atoms with Gasteiger partial charge in [-0.05, 0) is 68.5 Å². The van der Waals surface area contributed by atoms with Crippen LogP contribution in [0.1, 0.15) is 24.8 Å². The summed E-state index contributed by atoms with van der Waals surface area (Å²) in [6.07, 6.45) is 4.85. The fourth-order valence-electron chi connectivity index (χ4n) is 2.31. The van der Waals surface area contributed by atoms with Crippen LogP contribution in [0, 0.1) is 5.92 Å². The molecule has 0 saturated carbocycles. The van der Waals surface area contributed by atoms with Crippen molar-refractivity contribution in [2.75, 3.05) is 13.1 Å². The van der Waals surface area contributed by atoms with Crippen LogP contribution < -0.4 is 5.32 Å². The predicted octanol–water partition coefficient (Wildman–Crippen LogP) is 3.93. The molecule has 1 heterocycles. The fraction of sp³-hybridized carbons (Fsp3) is 0.538. The summed E-state index contributed by atoms with van der Waals surface area (Å²) in [7, 11) is 0. The summed E-state index contributed by atoms with van der Waals surface area (Å²) in [5, 5.41) is 5.06. The second kappa shape index (κ2) is 5.90. The number of nitrogens with one attached hydrogen (secondary N) is 1. The zero-order chi connectivity index (χ0) is 11.4. The van der Waals surface area contributed by atoms with Crippen LogP contribution in [0.25, 0.3) is 0 Å². The molecule has 0 radical (unpaired) electrons. The summed E-state index contributed by atoms with van der Waals surface area (Å²) in [5.41, 5.74) is 1.20. The largest absolute Gasteiger partial charge is 0.317 e. The summed E-state index contributed by atoms with van der Waals surface area (Å²) >= 11 is 12.2. The molecule has 88 valence electrons. The van der Waals surface area contributed by atoms with Crippen LogP contribution in [-0.4, -0.2) is 13.1 Å². The highest BCUT2D eigenvalue weighted by atomic mass is 35.5. The van der Waals surface area contributed by atoms with Gasteiger partial charge in [-0.3, -0.25) is 0 Å². The van der Waals surface area contributed by atoms with Crippen molar-refractivity contribution in [2.24, 2.45) is 5.92 Å². The lowest BCUT2D eigenvalue weighted by Crippen LogP contribution is -2.14. The van der Waals surface area contributed by atoms with E-state index in [2.05, 4.69) is 5.32 Å². The zero-order valence-corrected chi connectivity index (χ0v) is 10.8. The summed E-state index contributed by atoms with van der Waals surface area (Å²) in [5.74, 6) is 0.742. The number of benzene rings is 1. The first-order valence-electron chi connectivity index (χ1n) is 5.90. The summed E-state index contributed by atoms with van der Waals surface area (Å²) in [6.45, 7) is 2.28. The van der Waals surface area contributed by atoms with Crippen LogP contribution in [-0.2, 0) is 6.42 Å². The molecule has 1 unspecified atom stereocenters. The summed E-state index contributed by atoms with van der Waals surface area (Å²) in [6, 6.07) is 5.75. The minimum atomic E-state index is 0.742. The van der Waals surface area contributed by atoms with Crippen LogP contribution in [0.3, 0.4) is 0 Å². The zero-order valence-electron chi connectivity index (χ0n) is 9.31. The van der Waals surface area contributed by atoms with E-state index in [1.165, 1.54) is 24.8 Å². The number of hydrogen-bond acceptors (Lipinski definition) is 1. The van der Waals surface area contributed by atoms with Gasteiger partial charge in [0.1, 0.15) is 0 Å². The third-order valence-corrected chi connectivity index (χ3v) is 3.82. The van der Waals surface area contributed by atoms with E-state index in [1.54, 1.807) is 0 Å². The van der Waals surface area contributed by atoms with Crippen molar-refractivity contribution in [1.29, 1.82) is 0 Å². The van der Waals surface area contributed by atoms with E-state index >= 15 is 0 Å². The van der Waals surface area contributed by atoms with E-state index in [0.717, 1.165) is 35.5 Å². The molecule has 1 aliphatic rings. The van der Waals surface area contributed by atoms with E-state index in [9.17, 15) is 0 Å². The monoisotopic (exact) mass is 257 g/mol. The predicted molar refractivity (Wildman–Crippen MR) is 70.4 cm³/mol. The Morgan fingerprint density at radius 1 is 1.19 bits per heavy atom. The molecule has 1 saturated heterocycles. The highest BCUT2D eigenvalue weighted by molar-refractivity contribution is 6.33. The average Bonchev–Trinajstić information content (AvgIpc) is 2.52. The maximum Gasteiger partial charge on any atom is 0.0439 e. The lowest BCUT2D eigenvalue weighted by atomic mass is 9.93. The molecule has 1 aromatic rings. The van der Waals surface area contributed by atoms with E-state index in [0.29, 0.717) is 0 Å². The quantitative estimate of drug-likeness (QED) is 0.847. The van der Waals surface area contributed by atoms with Crippen molar-refractivity contribution in [2.45, 2.75) is 25.7 Å². The molecule has 2 rings (SSSR count). The van der Waals surface area contributed by atoms with Crippen LogP contribution in [0.4, 0.5) is 0 Å². The number of hydrogen-bond donors (Lipinski definition) is 1. The first kappa shape index (κ1) is 12.2. The van der Waals surface area contributed by atoms with Gasteiger partial charge in [-0.25, -0.2) is 0 Å². The summed E-state index contributed by atoms with van der Waals surface area (Å²) in [4.78, 5) is 0. The lowest BCUT2D eigenvalue weighted by molar-refractivity contribution is 0.470. The Balaban J connectivity index is 2.04. The van der Waals surface area contributed by atoms with E-state index in [-0.39, 0.29) is 0 Å². The molecule has 0 bridgehead atoms.